The van der Waals surface area contributed by atoms with E-state index in [2.05, 4.69) is 19.8 Å². The van der Waals surface area contributed by atoms with Crippen LogP contribution in [0.4, 0.5) is 0 Å². The molecule has 0 fully saturated rings. The van der Waals surface area contributed by atoms with E-state index >= 15 is 0 Å². The molecule has 3 rings (SSSR count). The third kappa shape index (κ3) is 2.65. The van der Waals surface area contributed by atoms with Crippen molar-refractivity contribution >= 4 is 15.8 Å². The average Bonchev–Trinajstić information content (AvgIpc) is 3.05. The van der Waals surface area contributed by atoms with Crippen LogP contribution in [0.5, 0.6) is 0 Å². The standard InChI is InChI=1S/C12H13N5O3S/c1-8-6-9(2)17-11(14-8)15-12(16-17)21(18,19)13-7-10-4-3-5-20-10/h3-6,13H,7H2,1-2H3. The fraction of sp³-hybridized carbons (Fsp3) is 0.250. The highest BCUT2D eigenvalue weighted by Crippen LogP contribution is 2.09. The molecule has 0 aliphatic rings. The monoisotopic (exact) mass is 307 g/mol. The zero-order valence-electron chi connectivity index (χ0n) is 11.4. The van der Waals surface area contributed by atoms with Crippen LogP contribution in [-0.4, -0.2) is 28.0 Å². The highest BCUT2D eigenvalue weighted by molar-refractivity contribution is 7.89. The minimum absolute atomic E-state index is 0.0380. The molecule has 0 bridgehead atoms. The van der Waals surface area contributed by atoms with Gasteiger partial charge in [-0.2, -0.15) is 4.98 Å². The topological polar surface area (TPSA) is 102 Å². The van der Waals surface area contributed by atoms with Gasteiger partial charge in [-0.15, -0.1) is 5.10 Å². The Morgan fingerprint density at radius 3 is 2.86 bits per heavy atom. The lowest BCUT2D eigenvalue weighted by molar-refractivity contribution is 0.497. The number of furan rings is 1. The number of fused-ring (bicyclic) bond motifs is 1. The molecule has 110 valence electrons. The number of aromatic nitrogens is 4. The first-order chi connectivity index (χ1) is 9.95. The van der Waals surface area contributed by atoms with Crippen LogP contribution in [0, 0.1) is 13.8 Å². The molecule has 0 aliphatic heterocycles. The highest BCUT2D eigenvalue weighted by atomic mass is 32.2. The molecule has 9 heteroatoms. The lowest BCUT2D eigenvalue weighted by Crippen LogP contribution is -2.24. The van der Waals surface area contributed by atoms with Gasteiger partial charge in [0.25, 0.3) is 21.0 Å². The summed E-state index contributed by atoms with van der Waals surface area (Å²) in [5.41, 5.74) is 1.51. The second-order valence-electron chi connectivity index (χ2n) is 4.55. The predicted molar refractivity (Wildman–Crippen MR) is 73.0 cm³/mol. The van der Waals surface area contributed by atoms with Crippen molar-refractivity contribution in [2.75, 3.05) is 0 Å². The van der Waals surface area contributed by atoms with Gasteiger partial charge in [-0.3, -0.25) is 0 Å². The van der Waals surface area contributed by atoms with Gasteiger partial charge in [0.2, 0.25) is 0 Å². The van der Waals surface area contributed by atoms with Gasteiger partial charge < -0.3 is 4.42 Å². The molecular formula is C12H13N5O3S. The number of sulfonamides is 1. The van der Waals surface area contributed by atoms with E-state index in [0.717, 1.165) is 11.4 Å². The largest absolute Gasteiger partial charge is 0.468 e. The molecule has 0 aromatic carbocycles. The Hall–Kier alpha value is -2.26. The smallest absolute Gasteiger partial charge is 0.284 e. The average molecular weight is 307 g/mol. The molecule has 3 aromatic rings. The summed E-state index contributed by atoms with van der Waals surface area (Å²) in [6.07, 6.45) is 1.48. The van der Waals surface area contributed by atoms with Gasteiger partial charge in [-0.25, -0.2) is 22.6 Å². The van der Waals surface area contributed by atoms with Crippen LogP contribution in [0.15, 0.2) is 34.0 Å². The fourth-order valence-corrected chi connectivity index (χ4v) is 2.76. The zero-order valence-corrected chi connectivity index (χ0v) is 12.3. The van der Waals surface area contributed by atoms with Crippen molar-refractivity contribution in [3.8, 4) is 0 Å². The van der Waals surface area contributed by atoms with Gasteiger partial charge in [0.05, 0.1) is 12.8 Å². The van der Waals surface area contributed by atoms with Crippen LogP contribution in [0.3, 0.4) is 0 Å². The summed E-state index contributed by atoms with van der Waals surface area (Å²) in [7, 11) is -3.82. The SMILES string of the molecule is Cc1cc(C)n2nc(S(=O)(=O)NCc3ccco3)nc2n1. The van der Waals surface area contributed by atoms with Gasteiger partial charge >= 0.3 is 0 Å². The van der Waals surface area contributed by atoms with Gasteiger partial charge in [-0.1, -0.05) is 0 Å². The Bertz CT molecular complexity index is 883. The molecule has 0 amide bonds. The third-order valence-corrected chi connectivity index (χ3v) is 4.03. The van der Waals surface area contributed by atoms with E-state index in [9.17, 15) is 8.42 Å². The summed E-state index contributed by atoms with van der Waals surface area (Å²) >= 11 is 0. The number of nitrogens with zero attached hydrogens (tertiary/aromatic N) is 4. The Kier molecular flexibility index (Phi) is 3.22. The van der Waals surface area contributed by atoms with Gasteiger partial charge in [0.15, 0.2) is 0 Å². The molecule has 0 unspecified atom stereocenters. The maximum Gasteiger partial charge on any atom is 0.284 e. The van der Waals surface area contributed by atoms with E-state index in [1.165, 1.54) is 10.8 Å². The van der Waals surface area contributed by atoms with Crippen LogP contribution < -0.4 is 4.72 Å². The maximum absolute atomic E-state index is 12.2. The lowest BCUT2D eigenvalue weighted by Gasteiger charge is -2.00. The van der Waals surface area contributed by atoms with Crippen molar-refractivity contribution in [2.45, 2.75) is 25.5 Å². The van der Waals surface area contributed by atoms with Crippen molar-refractivity contribution in [3.63, 3.8) is 0 Å². The fourth-order valence-electron chi connectivity index (χ4n) is 1.91. The molecule has 21 heavy (non-hydrogen) atoms. The summed E-state index contributed by atoms with van der Waals surface area (Å²) < 4.78 is 33.2. The number of hydrogen-bond donors (Lipinski definition) is 1. The van der Waals surface area contributed by atoms with Crippen LogP contribution in [0.2, 0.25) is 0 Å². The second-order valence-corrected chi connectivity index (χ2v) is 6.21. The van der Waals surface area contributed by atoms with Crippen molar-refractivity contribution in [1.82, 2.24) is 24.3 Å². The molecule has 0 saturated carbocycles. The molecule has 1 N–H and O–H groups in total. The van der Waals surface area contributed by atoms with Crippen LogP contribution >= 0.6 is 0 Å². The van der Waals surface area contributed by atoms with Crippen molar-refractivity contribution in [3.05, 3.63) is 41.6 Å². The quantitative estimate of drug-likeness (QED) is 0.765. The van der Waals surface area contributed by atoms with E-state index < -0.39 is 10.0 Å². The number of aryl methyl sites for hydroxylation is 2. The van der Waals surface area contributed by atoms with Crippen molar-refractivity contribution in [2.24, 2.45) is 0 Å². The molecule has 0 saturated heterocycles. The second kappa shape index (κ2) is 4.93. The van der Waals surface area contributed by atoms with Crippen LogP contribution in [0.25, 0.3) is 5.78 Å². The zero-order chi connectivity index (χ0) is 15.0. The van der Waals surface area contributed by atoms with E-state index in [-0.39, 0.29) is 17.5 Å². The minimum atomic E-state index is -3.82. The van der Waals surface area contributed by atoms with Crippen LogP contribution in [-0.2, 0) is 16.6 Å². The Balaban J connectivity index is 1.93. The molecular weight excluding hydrogens is 294 g/mol. The predicted octanol–water partition coefficient (Wildman–Crippen LogP) is 0.813. The van der Waals surface area contributed by atoms with Crippen molar-refractivity contribution in [1.29, 1.82) is 0 Å². The number of hydrogen-bond acceptors (Lipinski definition) is 6. The van der Waals surface area contributed by atoms with E-state index in [4.69, 9.17) is 4.42 Å². The van der Waals surface area contributed by atoms with Crippen molar-refractivity contribution < 1.29 is 12.8 Å². The number of nitrogens with one attached hydrogen (secondary N) is 1. The molecule has 8 nitrogen and oxygen atoms in total. The first-order valence-corrected chi connectivity index (χ1v) is 7.67. The van der Waals surface area contributed by atoms with Gasteiger partial charge in [-0.05, 0) is 32.0 Å². The maximum atomic E-state index is 12.2. The summed E-state index contributed by atoms with van der Waals surface area (Å²) in [5, 5.41) is 3.68. The Morgan fingerprint density at radius 2 is 2.14 bits per heavy atom. The molecule has 0 atom stereocenters. The highest BCUT2D eigenvalue weighted by Gasteiger charge is 2.21. The molecule has 0 radical (unpaired) electrons. The Morgan fingerprint density at radius 1 is 1.33 bits per heavy atom. The third-order valence-electron chi connectivity index (χ3n) is 2.86. The normalized spacial score (nSPS) is 12.1. The van der Waals surface area contributed by atoms with E-state index in [0.29, 0.717) is 5.76 Å². The summed E-state index contributed by atoms with van der Waals surface area (Å²) in [6.45, 7) is 3.66. The van der Waals surface area contributed by atoms with Gasteiger partial charge in [0.1, 0.15) is 5.76 Å². The van der Waals surface area contributed by atoms with E-state index in [1.54, 1.807) is 18.2 Å². The van der Waals surface area contributed by atoms with E-state index in [1.807, 2.05) is 13.8 Å². The van der Waals surface area contributed by atoms with Gasteiger partial charge in [0, 0.05) is 11.4 Å². The summed E-state index contributed by atoms with van der Waals surface area (Å²) in [6, 6.07) is 5.16. The summed E-state index contributed by atoms with van der Waals surface area (Å²) in [5.74, 6) is 0.762. The lowest BCUT2D eigenvalue weighted by atomic mass is 10.4. The molecule has 3 heterocycles. The number of rotatable bonds is 4. The first-order valence-electron chi connectivity index (χ1n) is 6.19. The van der Waals surface area contributed by atoms with Crippen LogP contribution in [0.1, 0.15) is 17.1 Å². The minimum Gasteiger partial charge on any atom is -0.468 e. The first kappa shape index (κ1) is 13.7. The molecule has 0 spiro atoms. The summed E-state index contributed by atoms with van der Waals surface area (Å²) in [4.78, 5) is 8.12. The Labute approximate surface area is 120 Å². The molecule has 3 aromatic heterocycles. The molecule has 0 aliphatic carbocycles.